The molecule has 0 bridgehead atoms. The van der Waals surface area contributed by atoms with Gasteiger partial charge in [0.1, 0.15) is 28.4 Å². The highest BCUT2D eigenvalue weighted by Crippen LogP contribution is 2.32. The van der Waals surface area contributed by atoms with Gasteiger partial charge in [-0.3, -0.25) is 9.59 Å². The van der Waals surface area contributed by atoms with Gasteiger partial charge >= 0.3 is 5.97 Å². The zero-order valence-electron chi connectivity index (χ0n) is 16.2. The Morgan fingerprint density at radius 3 is 2.84 bits per heavy atom. The maximum Gasteiger partial charge on any atom is 0.305 e. The van der Waals surface area contributed by atoms with Crippen molar-refractivity contribution in [1.29, 1.82) is 0 Å². The first-order valence-electron chi connectivity index (χ1n) is 8.91. The largest absolute Gasteiger partial charge is 0.496 e. The van der Waals surface area contributed by atoms with Gasteiger partial charge < -0.3 is 19.9 Å². The van der Waals surface area contributed by atoms with Crippen LogP contribution in [0.1, 0.15) is 17.5 Å². The molecule has 0 saturated carbocycles. The summed E-state index contributed by atoms with van der Waals surface area (Å²) in [5.41, 5.74) is 1.47. The summed E-state index contributed by atoms with van der Waals surface area (Å²) >= 11 is 13.2. The molecular formula is C20H17Cl2N3O5S. The molecule has 1 unspecified atom stereocenters. The van der Waals surface area contributed by atoms with Crippen molar-refractivity contribution in [2.75, 3.05) is 7.11 Å². The number of nitrogens with zero attached hydrogens (tertiary/aromatic N) is 2. The second-order valence-electron chi connectivity index (χ2n) is 6.26. The van der Waals surface area contributed by atoms with Crippen molar-refractivity contribution in [3.8, 4) is 11.5 Å². The second-order valence-corrected chi connectivity index (χ2v) is 8.23. The van der Waals surface area contributed by atoms with Gasteiger partial charge in [-0.15, -0.1) is 5.10 Å². The molecule has 0 aliphatic carbocycles. The van der Waals surface area contributed by atoms with Crippen molar-refractivity contribution in [3.05, 3.63) is 57.6 Å². The molecule has 3 rings (SSSR count). The maximum atomic E-state index is 11.7. The molecule has 8 nitrogen and oxygen atoms in total. The number of nitrogens with one attached hydrogen (secondary N) is 1. The lowest BCUT2D eigenvalue weighted by Crippen LogP contribution is -2.26. The van der Waals surface area contributed by atoms with Crippen LogP contribution in [0, 0.1) is 0 Å². The van der Waals surface area contributed by atoms with Gasteiger partial charge in [-0.2, -0.15) is 5.10 Å². The molecule has 2 aromatic carbocycles. The number of halogens is 2. The minimum Gasteiger partial charge on any atom is -0.496 e. The van der Waals surface area contributed by atoms with Gasteiger partial charge in [0.25, 0.3) is 0 Å². The summed E-state index contributed by atoms with van der Waals surface area (Å²) in [6.07, 6.45) is 1.22. The lowest BCUT2D eigenvalue weighted by Gasteiger charge is -2.12. The Kier molecular flexibility index (Phi) is 7.78. The molecule has 2 N–H and O–H groups in total. The molecule has 1 atom stereocenters. The first kappa shape index (κ1) is 22.9. The van der Waals surface area contributed by atoms with Crippen LogP contribution >= 0.6 is 35.0 Å². The van der Waals surface area contributed by atoms with E-state index < -0.39 is 17.1 Å². The average Bonchev–Trinajstić information content (AvgIpc) is 3.07. The van der Waals surface area contributed by atoms with Gasteiger partial charge in [-0.1, -0.05) is 41.0 Å². The third-order valence-electron chi connectivity index (χ3n) is 4.10. The second kappa shape index (κ2) is 10.5. The number of benzene rings is 2. The molecular weight excluding hydrogens is 465 g/mol. The molecule has 1 saturated heterocycles. The lowest BCUT2D eigenvalue weighted by atomic mass is 10.1. The van der Waals surface area contributed by atoms with Crippen LogP contribution in [0.25, 0.3) is 0 Å². The number of aliphatic carboxylic acids is 1. The van der Waals surface area contributed by atoms with E-state index in [-0.39, 0.29) is 18.2 Å². The molecule has 1 aliphatic heterocycles. The normalized spacial score (nSPS) is 17.2. The zero-order valence-corrected chi connectivity index (χ0v) is 18.5. The number of carboxylic acid groups (broad SMARTS) is 1. The Morgan fingerprint density at radius 1 is 1.29 bits per heavy atom. The third kappa shape index (κ3) is 6.13. The number of amidine groups is 1. The number of hydrogen-bond donors (Lipinski definition) is 2. The number of hydrogen-bond acceptors (Lipinski definition) is 7. The third-order valence-corrected chi connectivity index (χ3v) is 5.97. The van der Waals surface area contributed by atoms with Crippen molar-refractivity contribution in [3.63, 3.8) is 0 Å². The minimum atomic E-state index is -1.05. The fourth-order valence-corrected chi connectivity index (χ4v) is 3.90. The van der Waals surface area contributed by atoms with E-state index in [2.05, 4.69) is 15.5 Å². The monoisotopic (exact) mass is 481 g/mol. The summed E-state index contributed by atoms with van der Waals surface area (Å²) < 4.78 is 11.1. The number of ether oxygens (including phenoxy) is 2. The molecule has 2 aromatic rings. The van der Waals surface area contributed by atoms with E-state index in [0.29, 0.717) is 21.5 Å². The Bertz CT molecular complexity index is 1060. The number of rotatable bonds is 8. The van der Waals surface area contributed by atoms with Crippen LogP contribution in [0.3, 0.4) is 0 Å². The highest BCUT2D eigenvalue weighted by atomic mass is 35.5. The molecule has 0 spiro atoms. The first-order chi connectivity index (χ1) is 14.9. The highest BCUT2D eigenvalue weighted by Gasteiger charge is 2.32. The fourth-order valence-electron chi connectivity index (χ4n) is 2.64. The van der Waals surface area contributed by atoms with E-state index in [4.69, 9.17) is 37.8 Å². The van der Waals surface area contributed by atoms with Crippen LogP contribution in [0.15, 0.2) is 46.6 Å². The molecule has 1 fully saturated rings. The summed E-state index contributed by atoms with van der Waals surface area (Å²) in [6, 6.07) is 10.5. The summed E-state index contributed by atoms with van der Waals surface area (Å²) in [4.78, 5) is 22.5. The zero-order chi connectivity index (χ0) is 22.4. The Labute approximate surface area is 192 Å². The van der Waals surface area contributed by atoms with Crippen LogP contribution < -0.4 is 14.8 Å². The molecule has 1 aliphatic rings. The van der Waals surface area contributed by atoms with Gasteiger partial charge in [-0.25, -0.2) is 0 Å². The molecule has 0 radical (unpaired) electrons. The summed E-state index contributed by atoms with van der Waals surface area (Å²) in [5.74, 6) is -0.377. The smallest absolute Gasteiger partial charge is 0.305 e. The van der Waals surface area contributed by atoms with Gasteiger partial charge in [-0.05, 0) is 35.9 Å². The Morgan fingerprint density at radius 2 is 2.10 bits per heavy atom. The molecule has 162 valence electrons. The molecule has 11 heteroatoms. The summed E-state index contributed by atoms with van der Waals surface area (Å²) in [5, 5.41) is 19.5. The van der Waals surface area contributed by atoms with Crippen LogP contribution in [-0.2, 0) is 16.2 Å². The first-order valence-corrected chi connectivity index (χ1v) is 10.5. The maximum absolute atomic E-state index is 11.7. The van der Waals surface area contributed by atoms with Crippen LogP contribution in [0.5, 0.6) is 11.5 Å². The lowest BCUT2D eigenvalue weighted by molar-refractivity contribution is -0.138. The van der Waals surface area contributed by atoms with Crippen molar-refractivity contribution in [2.45, 2.75) is 18.3 Å². The Balaban J connectivity index is 1.69. The van der Waals surface area contributed by atoms with Crippen molar-refractivity contribution in [1.82, 2.24) is 5.32 Å². The predicted molar refractivity (Wildman–Crippen MR) is 121 cm³/mol. The standard InChI is InChI=1S/C20H17Cl2N3O5S/c1-29-14-6-5-11(7-12(14)10-30-15-4-2-3-13(21)18(15)22)9-23-25-20-24-19(28)16(31-20)8-17(26)27/h2-7,9,16H,8,10H2,1H3,(H,26,27)(H,24,25,28). The Hall–Kier alpha value is -2.75. The number of carbonyl (C=O) groups is 2. The minimum absolute atomic E-state index is 0.183. The number of methoxy groups -OCH3 is 1. The highest BCUT2D eigenvalue weighted by molar-refractivity contribution is 8.15. The predicted octanol–water partition coefficient (Wildman–Crippen LogP) is 3.98. The summed E-state index contributed by atoms with van der Waals surface area (Å²) in [7, 11) is 1.55. The van der Waals surface area contributed by atoms with Crippen LogP contribution in [0.2, 0.25) is 10.0 Å². The van der Waals surface area contributed by atoms with Crippen LogP contribution in [0.4, 0.5) is 0 Å². The van der Waals surface area contributed by atoms with Gasteiger partial charge in [0.2, 0.25) is 5.91 Å². The average molecular weight is 482 g/mol. The van der Waals surface area contributed by atoms with E-state index in [1.54, 1.807) is 37.4 Å². The quantitative estimate of drug-likeness (QED) is 0.435. The molecule has 1 heterocycles. The number of carboxylic acids is 1. The van der Waals surface area contributed by atoms with Crippen molar-refractivity contribution < 1.29 is 24.2 Å². The SMILES string of the molecule is COc1ccc(C=NN=C2NC(=O)C(CC(=O)O)S2)cc1COc1cccc(Cl)c1Cl. The number of amides is 1. The van der Waals surface area contributed by atoms with Gasteiger partial charge in [0.05, 0.1) is 24.8 Å². The van der Waals surface area contributed by atoms with Gasteiger partial charge in [0.15, 0.2) is 5.17 Å². The van der Waals surface area contributed by atoms with E-state index in [9.17, 15) is 9.59 Å². The van der Waals surface area contributed by atoms with E-state index in [1.165, 1.54) is 6.21 Å². The molecule has 1 amide bonds. The molecule has 0 aromatic heterocycles. The fraction of sp³-hybridized carbons (Fsp3) is 0.200. The molecule has 31 heavy (non-hydrogen) atoms. The van der Waals surface area contributed by atoms with E-state index >= 15 is 0 Å². The van der Waals surface area contributed by atoms with Gasteiger partial charge in [0, 0.05) is 5.56 Å². The number of carbonyl (C=O) groups excluding carboxylic acids is 1. The topological polar surface area (TPSA) is 110 Å². The summed E-state index contributed by atoms with van der Waals surface area (Å²) in [6.45, 7) is 0.183. The van der Waals surface area contributed by atoms with Crippen molar-refractivity contribution in [2.24, 2.45) is 10.2 Å². The van der Waals surface area contributed by atoms with Crippen LogP contribution in [-0.4, -0.2) is 40.7 Å². The number of thioether (sulfide) groups is 1. The van der Waals surface area contributed by atoms with Crippen molar-refractivity contribution >= 4 is 58.2 Å². The van der Waals surface area contributed by atoms with E-state index in [0.717, 1.165) is 22.9 Å². The van der Waals surface area contributed by atoms with E-state index in [1.807, 2.05) is 6.07 Å².